The Morgan fingerprint density at radius 3 is 3.05 bits per heavy atom. The van der Waals surface area contributed by atoms with Crippen LogP contribution in [0.4, 0.5) is 5.69 Å². The quantitative estimate of drug-likeness (QED) is 0.815. The molecule has 3 nitrogen and oxygen atoms in total. The highest BCUT2D eigenvalue weighted by molar-refractivity contribution is 9.10. The molecule has 20 heavy (non-hydrogen) atoms. The SMILES string of the molecule is CCC1CCCN(c2ccnc3cc(Br)cnc23)CC1. The first kappa shape index (κ1) is 13.8. The minimum Gasteiger partial charge on any atom is -0.370 e. The maximum absolute atomic E-state index is 4.57. The third-order valence-electron chi connectivity index (χ3n) is 4.29. The van der Waals surface area contributed by atoms with E-state index in [-0.39, 0.29) is 0 Å². The third kappa shape index (κ3) is 2.80. The van der Waals surface area contributed by atoms with Gasteiger partial charge < -0.3 is 4.90 Å². The maximum atomic E-state index is 4.57. The highest BCUT2D eigenvalue weighted by Crippen LogP contribution is 2.29. The summed E-state index contributed by atoms with van der Waals surface area (Å²) in [5.74, 6) is 0.884. The van der Waals surface area contributed by atoms with Gasteiger partial charge in [-0.1, -0.05) is 13.3 Å². The van der Waals surface area contributed by atoms with E-state index < -0.39 is 0 Å². The number of hydrogen-bond donors (Lipinski definition) is 0. The van der Waals surface area contributed by atoms with Gasteiger partial charge in [0.2, 0.25) is 0 Å². The predicted octanol–water partition coefficient (Wildman–Crippen LogP) is 4.41. The lowest BCUT2D eigenvalue weighted by Crippen LogP contribution is -2.24. The van der Waals surface area contributed by atoms with Crippen molar-refractivity contribution in [1.29, 1.82) is 0 Å². The minimum absolute atomic E-state index is 0.884. The largest absolute Gasteiger partial charge is 0.370 e. The second-order valence-corrected chi connectivity index (χ2v) is 6.46. The number of aromatic nitrogens is 2. The van der Waals surface area contributed by atoms with E-state index in [1.807, 2.05) is 18.5 Å². The van der Waals surface area contributed by atoms with Crippen molar-refractivity contribution in [1.82, 2.24) is 9.97 Å². The first-order chi connectivity index (χ1) is 9.78. The molecular weight excluding hydrogens is 314 g/mol. The Balaban J connectivity index is 1.93. The van der Waals surface area contributed by atoms with Crippen molar-refractivity contribution in [3.05, 3.63) is 29.0 Å². The number of nitrogens with zero attached hydrogens (tertiary/aromatic N) is 3. The summed E-state index contributed by atoms with van der Waals surface area (Å²) in [6.45, 7) is 4.57. The van der Waals surface area contributed by atoms with Gasteiger partial charge in [-0.05, 0) is 53.2 Å². The van der Waals surface area contributed by atoms with E-state index in [2.05, 4.69) is 43.8 Å². The van der Waals surface area contributed by atoms with Crippen LogP contribution >= 0.6 is 15.9 Å². The molecule has 0 N–H and O–H groups in total. The van der Waals surface area contributed by atoms with Gasteiger partial charge in [-0.3, -0.25) is 9.97 Å². The van der Waals surface area contributed by atoms with E-state index in [1.54, 1.807) is 0 Å². The molecule has 1 aliphatic heterocycles. The van der Waals surface area contributed by atoms with Gasteiger partial charge >= 0.3 is 0 Å². The van der Waals surface area contributed by atoms with Crippen LogP contribution in [0.1, 0.15) is 32.6 Å². The molecule has 2 aromatic rings. The smallest absolute Gasteiger partial charge is 0.112 e. The Labute approximate surface area is 128 Å². The molecule has 4 heteroatoms. The highest BCUT2D eigenvalue weighted by atomic mass is 79.9. The average molecular weight is 334 g/mol. The van der Waals surface area contributed by atoms with Gasteiger partial charge in [0.1, 0.15) is 5.52 Å². The van der Waals surface area contributed by atoms with Gasteiger partial charge in [-0.2, -0.15) is 0 Å². The molecule has 2 aromatic heterocycles. The average Bonchev–Trinajstić information content (AvgIpc) is 2.71. The third-order valence-corrected chi connectivity index (χ3v) is 4.72. The summed E-state index contributed by atoms with van der Waals surface area (Å²) < 4.78 is 0.983. The van der Waals surface area contributed by atoms with Gasteiger partial charge in [-0.25, -0.2) is 0 Å². The van der Waals surface area contributed by atoms with E-state index in [1.165, 1.54) is 31.4 Å². The topological polar surface area (TPSA) is 29.0 Å². The first-order valence-electron chi connectivity index (χ1n) is 7.43. The highest BCUT2D eigenvalue weighted by Gasteiger charge is 2.18. The lowest BCUT2D eigenvalue weighted by atomic mass is 9.98. The lowest BCUT2D eigenvalue weighted by molar-refractivity contribution is 0.459. The Kier molecular flexibility index (Phi) is 4.20. The van der Waals surface area contributed by atoms with E-state index in [0.29, 0.717) is 0 Å². The van der Waals surface area contributed by atoms with Gasteiger partial charge in [-0.15, -0.1) is 0 Å². The summed E-state index contributed by atoms with van der Waals surface area (Å²) in [4.78, 5) is 11.5. The number of halogens is 1. The Hall–Kier alpha value is -1.16. The molecule has 0 spiro atoms. The summed E-state index contributed by atoms with van der Waals surface area (Å²) in [7, 11) is 0. The fourth-order valence-electron chi connectivity index (χ4n) is 3.06. The summed E-state index contributed by atoms with van der Waals surface area (Å²) in [5, 5.41) is 0. The molecule has 1 fully saturated rings. The molecule has 1 aliphatic rings. The normalized spacial score (nSPS) is 20.1. The number of anilines is 1. The fourth-order valence-corrected chi connectivity index (χ4v) is 3.38. The van der Waals surface area contributed by atoms with Gasteiger partial charge in [0, 0.05) is 30.0 Å². The molecule has 1 atom stereocenters. The van der Waals surface area contributed by atoms with Crippen LogP contribution in [0, 0.1) is 5.92 Å². The Bertz CT molecular complexity index is 599. The van der Waals surface area contributed by atoms with Gasteiger partial charge in [0.25, 0.3) is 0 Å². The zero-order chi connectivity index (χ0) is 13.9. The van der Waals surface area contributed by atoms with Crippen molar-refractivity contribution in [2.45, 2.75) is 32.6 Å². The summed E-state index contributed by atoms with van der Waals surface area (Å²) in [5.41, 5.74) is 3.22. The molecule has 0 amide bonds. The van der Waals surface area contributed by atoms with Crippen molar-refractivity contribution < 1.29 is 0 Å². The van der Waals surface area contributed by atoms with E-state index >= 15 is 0 Å². The Morgan fingerprint density at radius 2 is 2.20 bits per heavy atom. The van der Waals surface area contributed by atoms with Crippen LogP contribution < -0.4 is 4.90 Å². The molecule has 106 valence electrons. The van der Waals surface area contributed by atoms with Crippen molar-refractivity contribution in [3.63, 3.8) is 0 Å². The predicted molar refractivity (Wildman–Crippen MR) is 87.1 cm³/mol. The first-order valence-corrected chi connectivity index (χ1v) is 8.22. The van der Waals surface area contributed by atoms with Crippen LogP contribution in [0.3, 0.4) is 0 Å². The molecule has 0 aliphatic carbocycles. The molecule has 0 radical (unpaired) electrons. The van der Waals surface area contributed by atoms with Gasteiger partial charge in [0.15, 0.2) is 0 Å². The molecular formula is C16H20BrN3. The standard InChI is InChI=1S/C16H20BrN3/c1-2-12-4-3-8-20(9-6-12)15-5-7-18-14-10-13(17)11-19-16(14)15/h5,7,10-12H,2-4,6,8-9H2,1H3. The summed E-state index contributed by atoms with van der Waals surface area (Å²) in [6.07, 6.45) is 8.98. The van der Waals surface area contributed by atoms with Crippen LogP contribution in [0.25, 0.3) is 11.0 Å². The lowest BCUT2D eigenvalue weighted by Gasteiger charge is -2.23. The second kappa shape index (κ2) is 6.08. The van der Waals surface area contributed by atoms with Crippen LogP contribution in [0.5, 0.6) is 0 Å². The van der Waals surface area contributed by atoms with Crippen molar-refractivity contribution in [3.8, 4) is 0 Å². The van der Waals surface area contributed by atoms with E-state index in [4.69, 9.17) is 0 Å². The number of fused-ring (bicyclic) bond motifs is 1. The molecule has 0 saturated carbocycles. The summed E-state index contributed by atoms with van der Waals surface area (Å²) >= 11 is 3.47. The second-order valence-electron chi connectivity index (χ2n) is 5.54. The molecule has 3 rings (SSSR count). The Morgan fingerprint density at radius 1 is 1.30 bits per heavy atom. The molecule has 0 aromatic carbocycles. The minimum atomic E-state index is 0.884. The van der Waals surface area contributed by atoms with Crippen LogP contribution in [0.2, 0.25) is 0 Å². The molecule has 0 bridgehead atoms. The zero-order valence-electron chi connectivity index (χ0n) is 11.8. The van der Waals surface area contributed by atoms with Crippen LogP contribution in [-0.2, 0) is 0 Å². The fraction of sp³-hybridized carbons (Fsp3) is 0.500. The number of hydrogen-bond acceptors (Lipinski definition) is 3. The van der Waals surface area contributed by atoms with Crippen molar-refractivity contribution in [2.75, 3.05) is 18.0 Å². The molecule has 1 saturated heterocycles. The van der Waals surface area contributed by atoms with E-state index in [0.717, 1.165) is 34.5 Å². The number of pyridine rings is 2. The zero-order valence-corrected chi connectivity index (χ0v) is 13.4. The monoisotopic (exact) mass is 333 g/mol. The van der Waals surface area contributed by atoms with E-state index in [9.17, 15) is 0 Å². The van der Waals surface area contributed by atoms with Crippen molar-refractivity contribution in [2.24, 2.45) is 5.92 Å². The van der Waals surface area contributed by atoms with Crippen LogP contribution in [-0.4, -0.2) is 23.1 Å². The molecule has 1 unspecified atom stereocenters. The number of rotatable bonds is 2. The maximum Gasteiger partial charge on any atom is 0.112 e. The van der Waals surface area contributed by atoms with Gasteiger partial charge in [0.05, 0.1) is 11.2 Å². The molecule has 3 heterocycles. The summed E-state index contributed by atoms with van der Waals surface area (Å²) in [6, 6.07) is 4.15. The van der Waals surface area contributed by atoms with Crippen molar-refractivity contribution >= 4 is 32.7 Å². The van der Waals surface area contributed by atoms with Crippen LogP contribution in [0.15, 0.2) is 29.0 Å².